The van der Waals surface area contributed by atoms with E-state index in [0.717, 1.165) is 16.7 Å². The molecule has 3 atom stereocenters. The van der Waals surface area contributed by atoms with Crippen molar-refractivity contribution in [2.45, 2.75) is 51.1 Å². The van der Waals surface area contributed by atoms with Crippen molar-refractivity contribution in [3.63, 3.8) is 0 Å². The van der Waals surface area contributed by atoms with E-state index >= 15 is 0 Å². The number of ether oxygens (including phenoxy) is 2. The van der Waals surface area contributed by atoms with Crippen LogP contribution < -0.4 is 0 Å². The van der Waals surface area contributed by atoms with Gasteiger partial charge in [0.05, 0.1) is 32.3 Å². The summed E-state index contributed by atoms with van der Waals surface area (Å²) >= 11 is 0. The molecule has 1 aromatic rings. The van der Waals surface area contributed by atoms with Gasteiger partial charge < -0.3 is 9.47 Å². The molecule has 1 saturated heterocycles. The lowest BCUT2D eigenvalue weighted by Crippen LogP contribution is -2.47. The topological polar surface area (TPSA) is 85.4 Å². The molecule has 8 nitrogen and oxygen atoms in total. The molecule has 0 N–H and O–H groups in total. The minimum absolute atomic E-state index is 0.123. The summed E-state index contributed by atoms with van der Waals surface area (Å²) in [6, 6.07) is 8.74. The van der Waals surface area contributed by atoms with Gasteiger partial charge >= 0.3 is 12.1 Å². The Labute approximate surface area is 197 Å². The van der Waals surface area contributed by atoms with Crippen molar-refractivity contribution in [3.05, 3.63) is 42.0 Å². The van der Waals surface area contributed by atoms with Crippen LogP contribution >= 0.6 is 0 Å². The maximum absolute atomic E-state index is 13.2. The molecule has 2 rings (SSSR count). The molecule has 1 fully saturated rings. The zero-order chi connectivity index (χ0) is 24.6. The SMILES string of the molecule is CCOC(=O)[C@H]1C[C@@H](C(=O)N(C)OC)[C@@H](/C=C/c2ccccc2)N1C(=O)OCC[Si](C)(C)C. The van der Waals surface area contributed by atoms with Gasteiger partial charge in [0.2, 0.25) is 0 Å². The van der Waals surface area contributed by atoms with E-state index in [2.05, 4.69) is 19.6 Å². The molecule has 1 aromatic carbocycles. The average molecular weight is 477 g/mol. The summed E-state index contributed by atoms with van der Waals surface area (Å²) in [6.07, 6.45) is 3.12. The molecule has 0 bridgehead atoms. The molecule has 1 aliphatic heterocycles. The highest BCUT2D eigenvalue weighted by Gasteiger charge is 2.51. The monoisotopic (exact) mass is 476 g/mol. The van der Waals surface area contributed by atoms with Crippen molar-refractivity contribution in [2.75, 3.05) is 27.4 Å². The lowest BCUT2D eigenvalue weighted by molar-refractivity contribution is -0.173. The van der Waals surface area contributed by atoms with Gasteiger partial charge in [0, 0.05) is 15.1 Å². The molecule has 0 aliphatic carbocycles. The van der Waals surface area contributed by atoms with E-state index in [1.807, 2.05) is 36.4 Å². The number of hydrogen-bond donors (Lipinski definition) is 0. The number of rotatable bonds is 9. The predicted octanol–water partition coefficient (Wildman–Crippen LogP) is 3.82. The minimum Gasteiger partial charge on any atom is -0.464 e. The first-order chi connectivity index (χ1) is 15.6. The van der Waals surface area contributed by atoms with Crippen molar-refractivity contribution in [2.24, 2.45) is 5.92 Å². The lowest BCUT2D eigenvalue weighted by Gasteiger charge is -2.29. The molecule has 182 valence electrons. The molecular formula is C24H36N2O6Si. The second kappa shape index (κ2) is 12.0. The van der Waals surface area contributed by atoms with Gasteiger partial charge in [0.1, 0.15) is 6.04 Å². The summed E-state index contributed by atoms with van der Waals surface area (Å²) in [5.74, 6) is -1.56. The Kier molecular flexibility index (Phi) is 9.66. The summed E-state index contributed by atoms with van der Waals surface area (Å²) < 4.78 is 10.8. The van der Waals surface area contributed by atoms with E-state index in [0.29, 0.717) is 0 Å². The molecule has 0 radical (unpaired) electrons. The summed E-state index contributed by atoms with van der Waals surface area (Å²) in [4.78, 5) is 45.5. The smallest absolute Gasteiger partial charge is 0.411 e. The van der Waals surface area contributed by atoms with Gasteiger partial charge in [-0.15, -0.1) is 0 Å². The van der Waals surface area contributed by atoms with Gasteiger partial charge in [-0.3, -0.25) is 14.5 Å². The van der Waals surface area contributed by atoms with Crippen molar-refractivity contribution in [3.8, 4) is 0 Å². The zero-order valence-electron chi connectivity index (χ0n) is 20.4. The molecule has 0 unspecified atom stereocenters. The summed E-state index contributed by atoms with van der Waals surface area (Å²) in [7, 11) is 1.48. The van der Waals surface area contributed by atoms with Gasteiger partial charge in [-0.25, -0.2) is 14.7 Å². The second-order valence-corrected chi connectivity index (χ2v) is 14.8. The first kappa shape index (κ1) is 26.6. The van der Waals surface area contributed by atoms with E-state index in [-0.39, 0.29) is 25.5 Å². The Bertz CT molecular complexity index is 839. The summed E-state index contributed by atoms with van der Waals surface area (Å²) in [6.45, 7) is 8.73. The van der Waals surface area contributed by atoms with E-state index in [9.17, 15) is 14.4 Å². The third-order valence-corrected chi connectivity index (χ3v) is 7.28. The van der Waals surface area contributed by atoms with Gasteiger partial charge in [0.25, 0.3) is 5.91 Å². The summed E-state index contributed by atoms with van der Waals surface area (Å²) in [5, 5.41) is 1.12. The number of carbonyl (C=O) groups is 3. The maximum atomic E-state index is 13.2. The zero-order valence-corrected chi connectivity index (χ0v) is 21.4. The van der Waals surface area contributed by atoms with Crippen molar-refractivity contribution in [1.29, 1.82) is 0 Å². The largest absolute Gasteiger partial charge is 0.464 e. The van der Waals surface area contributed by atoms with Gasteiger partial charge in [-0.2, -0.15) is 0 Å². The second-order valence-electron chi connectivity index (χ2n) is 9.22. The molecule has 0 saturated carbocycles. The maximum Gasteiger partial charge on any atom is 0.411 e. The predicted molar refractivity (Wildman–Crippen MR) is 129 cm³/mol. The fraction of sp³-hybridized carbons (Fsp3) is 0.542. The number of hydroxylamine groups is 2. The molecular weight excluding hydrogens is 440 g/mol. The quantitative estimate of drug-likeness (QED) is 0.306. The third-order valence-electron chi connectivity index (χ3n) is 5.58. The van der Waals surface area contributed by atoms with E-state index in [1.54, 1.807) is 13.0 Å². The number of nitrogens with zero attached hydrogens (tertiary/aromatic N) is 2. The van der Waals surface area contributed by atoms with Gasteiger partial charge in [0.15, 0.2) is 0 Å². The number of amides is 2. The molecule has 0 aromatic heterocycles. The molecule has 1 aliphatic rings. The van der Waals surface area contributed by atoms with Crippen LogP contribution in [0.2, 0.25) is 25.7 Å². The van der Waals surface area contributed by atoms with Crippen molar-refractivity contribution >= 4 is 32.1 Å². The average Bonchev–Trinajstić information content (AvgIpc) is 3.16. The van der Waals surface area contributed by atoms with Crippen LogP contribution in [0.1, 0.15) is 18.9 Å². The number of esters is 1. The normalized spacial score (nSPS) is 20.7. The highest BCUT2D eigenvalue weighted by molar-refractivity contribution is 6.76. The Morgan fingerprint density at radius 3 is 2.39 bits per heavy atom. The van der Waals surface area contributed by atoms with E-state index in [4.69, 9.17) is 14.3 Å². The minimum atomic E-state index is -1.42. The van der Waals surface area contributed by atoms with E-state index < -0.39 is 38.1 Å². The van der Waals surface area contributed by atoms with Gasteiger partial charge in [-0.05, 0) is 25.0 Å². The van der Waals surface area contributed by atoms with Crippen LogP contribution in [-0.4, -0.2) is 75.5 Å². The Hall–Kier alpha value is -2.65. The fourth-order valence-electron chi connectivity index (χ4n) is 3.68. The van der Waals surface area contributed by atoms with Crippen molar-refractivity contribution in [1.82, 2.24) is 9.96 Å². The van der Waals surface area contributed by atoms with Crippen LogP contribution in [-0.2, 0) is 23.9 Å². The number of likely N-dealkylation sites (tertiary alicyclic amines) is 1. The Balaban J connectivity index is 2.40. The molecule has 1 heterocycles. The lowest BCUT2D eigenvalue weighted by atomic mass is 9.96. The van der Waals surface area contributed by atoms with Crippen LogP contribution in [0.3, 0.4) is 0 Å². The Morgan fingerprint density at radius 1 is 1.15 bits per heavy atom. The van der Waals surface area contributed by atoms with Crippen LogP contribution in [0.15, 0.2) is 36.4 Å². The van der Waals surface area contributed by atoms with Crippen LogP contribution in [0, 0.1) is 5.92 Å². The van der Waals surface area contributed by atoms with Gasteiger partial charge in [-0.1, -0.05) is 62.1 Å². The number of hydrogen-bond acceptors (Lipinski definition) is 6. The Morgan fingerprint density at radius 2 is 1.82 bits per heavy atom. The highest BCUT2D eigenvalue weighted by Crippen LogP contribution is 2.34. The molecule has 0 spiro atoms. The standard InChI is InChI=1S/C24H36N2O6Si/c1-7-31-23(28)21-17-19(22(27)25(2)30-3)20(14-13-18-11-9-8-10-12-18)26(21)24(29)32-15-16-33(4,5)6/h8-14,19-21H,7,15-17H2,1-6H3/b14-13+/t19-,20-,21-/m1/s1. The molecule has 9 heteroatoms. The van der Waals surface area contributed by atoms with E-state index in [1.165, 1.54) is 19.1 Å². The van der Waals surface area contributed by atoms with Crippen LogP contribution in [0.5, 0.6) is 0 Å². The number of benzene rings is 1. The third kappa shape index (κ3) is 7.43. The van der Waals surface area contributed by atoms with Crippen molar-refractivity contribution < 1.29 is 28.7 Å². The fourth-order valence-corrected chi connectivity index (χ4v) is 4.40. The first-order valence-corrected chi connectivity index (χ1v) is 15.0. The van der Waals surface area contributed by atoms with Crippen LogP contribution in [0.4, 0.5) is 4.79 Å². The van der Waals surface area contributed by atoms with Crippen LogP contribution in [0.25, 0.3) is 6.08 Å². The molecule has 2 amide bonds. The first-order valence-electron chi connectivity index (χ1n) is 11.3. The number of carbonyl (C=O) groups excluding carboxylic acids is 3. The summed E-state index contributed by atoms with van der Waals surface area (Å²) in [5.41, 5.74) is 0.912. The highest BCUT2D eigenvalue weighted by atomic mass is 28.3. The molecule has 33 heavy (non-hydrogen) atoms.